The molecule has 0 saturated carbocycles. The number of hydrogen-bond donors (Lipinski definition) is 1. The van der Waals surface area contributed by atoms with Crippen molar-refractivity contribution in [3.8, 4) is 11.5 Å². The number of ether oxygens (including phenoxy) is 3. The first-order chi connectivity index (χ1) is 18.1. The van der Waals surface area contributed by atoms with Crippen LogP contribution in [0.2, 0.25) is 0 Å². The minimum absolute atomic E-state index is 0.0544. The van der Waals surface area contributed by atoms with Crippen molar-refractivity contribution in [1.29, 1.82) is 0 Å². The molecule has 0 radical (unpaired) electrons. The van der Waals surface area contributed by atoms with Gasteiger partial charge < -0.3 is 19.2 Å². The molecule has 0 aliphatic carbocycles. The molecule has 0 amide bonds. The zero-order valence-electron chi connectivity index (χ0n) is 21.4. The molecule has 1 N–H and O–H groups in total. The molecule has 2 aromatic carbocycles. The van der Waals surface area contributed by atoms with Gasteiger partial charge in [-0.1, -0.05) is 37.3 Å². The third-order valence-corrected chi connectivity index (χ3v) is 6.88. The highest BCUT2D eigenvalue weighted by molar-refractivity contribution is 5.83. The zero-order chi connectivity index (χ0) is 25.8. The fraction of sp³-hybridized carbons (Fsp3) is 0.407. The number of nitrogens with zero attached hydrogens (tertiary/aromatic N) is 5. The lowest BCUT2D eigenvalue weighted by molar-refractivity contribution is 0.0907. The highest BCUT2D eigenvalue weighted by Crippen LogP contribution is 2.33. The molecule has 37 heavy (non-hydrogen) atoms. The summed E-state index contributed by atoms with van der Waals surface area (Å²) in [6.45, 7) is 4.66. The van der Waals surface area contributed by atoms with E-state index in [4.69, 9.17) is 14.2 Å². The van der Waals surface area contributed by atoms with Crippen molar-refractivity contribution in [2.75, 3.05) is 27.4 Å². The summed E-state index contributed by atoms with van der Waals surface area (Å²) >= 11 is 0. The van der Waals surface area contributed by atoms with Crippen LogP contribution in [0.5, 0.6) is 11.5 Å². The molecule has 0 spiro atoms. The van der Waals surface area contributed by atoms with Crippen LogP contribution in [-0.2, 0) is 17.8 Å². The molecule has 2 atom stereocenters. The monoisotopic (exact) mass is 504 g/mol. The lowest BCUT2D eigenvalue weighted by atomic mass is 10.0. The van der Waals surface area contributed by atoms with Crippen LogP contribution in [0.1, 0.15) is 42.8 Å². The van der Waals surface area contributed by atoms with Crippen LogP contribution in [0.25, 0.3) is 10.9 Å². The minimum atomic E-state index is -0.483. The average Bonchev–Trinajstić information content (AvgIpc) is 3.61. The van der Waals surface area contributed by atoms with Gasteiger partial charge in [0.1, 0.15) is 6.04 Å². The molecule has 3 heterocycles. The molecule has 0 bridgehead atoms. The normalized spacial score (nSPS) is 16.4. The number of nitrogens with one attached hydrogen (secondary N) is 1. The fourth-order valence-corrected chi connectivity index (χ4v) is 4.97. The Morgan fingerprint density at radius 2 is 1.95 bits per heavy atom. The van der Waals surface area contributed by atoms with Crippen molar-refractivity contribution in [2.45, 2.75) is 45.0 Å². The van der Waals surface area contributed by atoms with Gasteiger partial charge in [0.15, 0.2) is 17.3 Å². The number of benzene rings is 2. The van der Waals surface area contributed by atoms with Crippen molar-refractivity contribution < 1.29 is 14.2 Å². The first-order valence-corrected chi connectivity index (χ1v) is 12.6. The Morgan fingerprint density at radius 3 is 2.65 bits per heavy atom. The molecule has 0 unspecified atom stereocenters. The fourth-order valence-electron chi connectivity index (χ4n) is 4.97. The molecule has 1 aliphatic heterocycles. The van der Waals surface area contributed by atoms with Gasteiger partial charge in [0, 0.05) is 30.2 Å². The average molecular weight is 505 g/mol. The molecule has 2 aromatic heterocycles. The first kappa shape index (κ1) is 24.9. The van der Waals surface area contributed by atoms with Gasteiger partial charge in [0.05, 0.1) is 32.4 Å². The van der Waals surface area contributed by atoms with Crippen molar-refractivity contribution in [1.82, 2.24) is 30.1 Å². The number of tetrazole rings is 1. The summed E-state index contributed by atoms with van der Waals surface area (Å²) in [4.78, 5) is 18.9. The van der Waals surface area contributed by atoms with E-state index >= 15 is 0 Å². The zero-order valence-corrected chi connectivity index (χ0v) is 21.4. The Bertz CT molecular complexity index is 1400. The second kappa shape index (κ2) is 11.1. The summed E-state index contributed by atoms with van der Waals surface area (Å²) in [5.41, 5.74) is 2.15. The molecule has 1 saturated heterocycles. The molecule has 194 valence electrons. The molecule has 5 rings (SSSR count). The van der Waals surface area contributed by atoms with E-state index < -0.39 is 6.04 Å². The SMILES string of the molecule is CCN(Cc1ccccc1)[C@H](c1cc2cc(OC)c(OC)cc2[nH]c1=O)c1nnnn1C[C@H]1CCCO1. The van der Waals surface area contributed by atoms with Crippen LogP contribution >= 0.6 is 0 Å². The van der Waals surface area contributed by atoms with E-state index in [2.05, 4.69) is 44.5 Å². The van der Waals surface area contributed by atoms with Crippen LogP contribution in [0, 0.1) is 0 Å². The Kier molecular flexibility index (Phi) is 7.47. The molecular weight excluding hydrogens is 472 g/mol. The Morgan fingerprint density at radius 1 is 1.16 bits per heavy atom. The maximum Gasteiger partial charge on any atom is 0.253 e. The van der Waals surface area contributed by atoms with E-state index in [0.29, 0.717) is 48.0 Å². The Hall–Kier alpha value is -3.76. The Balaban J connectivity index is 1.63. The van der Waals surface area contributed by atoms with Crippen LogP contribution in [0.4, 0.5) is 0 Å². The summed E-state index contributed by atoms with van der Waals surface area (Å²) in [5, 5.41) is 13.6. The second-order valence-corrected chi connectivity index (χ2v) is 9.15. The van der Waals surface area contributed by atoms with Crippen LogP contribution in [0.3, 0.4) is 0 Å². The van der Waals surface area contributed by atoms with E-state index in [1.54, 1.807) is 25.0 Å². The largest absolute Gasteiger partial charge is 0.493 e. The maximum atomic E-state index is 13.6. The molecule has 1 aliphatic rings. The van der Waals surface area contributed by atoms with Crippen LogP contribution in [0.15, 0.2) is 53.3 Å². The lowest BCUT2D eigenvalue weighted by Crippen LogP contribution is -2.35. The minimum Gasteiger partial charge on any atom is -0.493 e. The summed E-state index contributed by atoms with van der Waals surface area (Å²) in [5.74, 6) is 1.75. The predicted octanol–water partition coefficient (Wildman–Crippen LogP) is 3.32. The Labute approximate surface area is 215 Å². The van der Waals surface area contributed by atoms with Crippen molar-refractivity contribution in [3.63, 3.8) is 0 Å². The van der Waals surface area contributed by atoms with Crippen molar-refractivity contribution >= 4 is 10.9 Å². The van der Waals surface area contributed by atoms with Crippen LogP contribution < -0.4 is 15.0 Å². The highest BCUT2D eigenvalue weighted by Gasteiger charge is 2.31. The summed E-state index contributed by atoms with van der Waals surface area (Å²) < 4.78 is 18.6. The molecule has 10 heteroatoms. The summed E-state index contributed by atoms with van der Waals surface area (Å²) in [7, 11) is 3.17. The molecule has 1 fully saturated rings. The molecule has 4 aromatic rings. The van der Waals surface area contributed by atoms with E-state index in [1.165, 1.54) is 0 Å². The lowest BCUT2D eigenvalue weighted by Gasteiger charge is -2.30. The third-order valence-electron chi connectivity index (χ3n) is 6.88. The molecule has 10 nitrogen and oxygen atoms in total. The smallest absolute Gasteiger partial charge is 0.253 e. The number of rotatable bonds is 10. The van der Waals surface area contributed by atoms with Gasteiger partial charge in [-0.2, -0.15) is 0 Å². The quantitative estimate of drug-likeness (QED) is 0.351. The van der Waals surface area contributed by atoms with Gasteiger partial charge in [-0.25, -0.2) is 4.68 Å². The van der Waals surface area contributed by atoms with Crippen molar-refractivity contribution in [2.24, 2.45) is 0 Å². The van der Waals surface area contributed by atoms with Crippen molar-refractivity contribution in [3.05, 3.63) is 75.8 Å². The number of fused-ring (bicyclic) bond motifs is 1. The summed E-state index contributed by atoms with van der Waals surface area (Å²) in [6, 6.07) is 15.3. The van der Waals surface area contributed by atoms with E-state index in [-0.39, 0.29) is 11.7 Å². The number of pyridine rings is 1. The van der Waals surface area contributed by atoms with Crippen LogP contribution in [-0.4, -0.2) is 63.6 Å². The van der Waals surface area contributed by atoms with Gasteiger partial charge in [0.25, 0.3) is 5.56 Å². The number of aromatic nitrogens is 5. The standard InChI is InChI=1S/C27H32N6O4/c1-4-32(16-18-9-6-5-7-10-18)25(26-29-30-31-33(26)17-20-11-8-12-37-20)21-13-19-14-23(35-2)24(36-3)15-22(19)28-27(21)34/h5-7,9-10,13-15,20,25H,4,8,11-12,16-17H2,1-3H3,(H,28,34)/t20-,25-/m1/s1. The van der Waals surface area contributed by atoms with Gasteiger partial charge in [-0.3, -0.25) is 9.69 Å². The van der Waals surface area contributed by atoms with Gasteiger partial charge in [-0.05, 0) is 47.5 Å². The number of hydrogen-bond acceptors (Lipinski definition) is 8. The predicted molar refractivity (Wildman–Crippen MR) is 139 cm³/mol. The van der Waals surface area contributed by atoms with E-state index in [9.17, 15) is 4.79 Å². The number of H-pyrrole nitrogens is 1. The maximum absolute atomic E-state index is 13.6. The molecular formula is C27H32N6O4. The van der Waals surface area contributed by atoms with E-state index in [0.717, 1.165) is 30.4 Å². The number of methoxy groups -OCH3 is 2. The third kappa shape index (κ3) is 5.21. The second-order valence-electron chi connectivity index (χ2n) is 9.15. The topological polar surface area (TPSA) is 107 Å². The van der Waals surface area contributed by atoms with Gasteiger partial charge in [-0.15, -0.1) is 5.10 Å². The summed E-state index contributed by atoms with van der Waals surface area (Å²) in [6.07, 6.45) is 2.04. The van der Waals surface area contributed by atoms with Gasteiger partial charge in [0.2, 0.25) is 0 Å². The first-order valence-electron chi connectivity index (χ1n) is 12.6. The highest BCUT2D eigenvalue weighted by atomic mass is 16.5. The number of aromatic amines is 1. The van der Waals surface area contributed by atoms with E-state index in [1.807, 2.05) is 30.3 Å². The van der Waals surface area contributed by atoms with Gasteiger partial charge >= 0.3 is 0 Å².